The van der Waals surface area contributed by atoms with Gasteiger partial charge in [-0.05, 0) is 31.5 Å². The highest BCUT2D eigenvalue weighted by molar-refractivity contribution is 6.02. The fourth-order valence-electron chi connectivity index (χ4n) is 3.86. The van der Waals surface area contributed by atoms with E-state index in [-0.39, 0.29) is 5.91 Å². The quantitative estimate of drug-likeness (QED) is 0.817. The van der Waals surface area contributed by atoms with Crippen LogP contribution < -0.4 is 16.0 Å². The van der Waals surface area contributed by atoms with Gasteiger partial charge in [-0.15, -0.1) is 0 Å². The molecule has 0 aromatic heterocycles. The molecule has 21 heavy (non-hydrogen) atoms. The maximum atomic E-state index is 11.7. The van der Waals surface area contributed by atoms with Crippen molar-refractivity contribution in [2.45, 2.75) is 31.3 Å². The number of piperazine rings is 1. The molecule has 3 aliphatic heterocycles. The van der Waals surface area contributed by atoms with Crippen LogP contribution in [0.5, 0.6) is 0 Å². The van der Waals surface area contributed by atoms with Crippen molar-refractivity contribution >= 4 is 17.3 Å². The molecule has 2 saturated heterocycles. The monoisotopic (exact) mass is 286 g/mol. The van der Waals surface area contributed by atoms with Crippen molar-refractivity contribution in [3.63, 3.8) is 0 Å². The van der Waals surface area contributed by atoms with E-state index in [0.29, 0.717) is 6.04 Å². The number of carbonyl (C=O) groups is 1. The van der Waals surface area contributed by atoms with E-state index < -0.39 is 6.04 Å². The summed E-state index contributed by atoms with van der Waals surface area (Å²) < 4.78 is 0. The Morgan fingerprint density at radius 3 is 3.00 bits per heavy atom. The van der Waals surface area contributed by atoms with E-state index in [0.717, 1.165) is 30.9 Å². The number of amides is 1. The Hall–Kier alpha value is -1.59. The summed E-state index contributed by atoms with van der Waals surface area (Å²) >= 11 is 0. The average Bonchev–Trinajstić information content (AvgIpc) is 2.81. The molecule has 2 unspecified atom stereocenters. The minimum atomic E-state index is -0.510. The third kappa shape index (κ3) is 2.21. The first-order chi connectivity index (χ1) is 10.2. The van der Waals surface area contributed by atoms with Gasteiger partial charge < -0.3 is 16.0 Å². The number of anilines is 2. The summed E-state index contributed by atoms with van der Waals surface area (Å²) in [6.45, 7) is 4.56. The first-order valence-electron chi connectivity index (χ1n) is 7.92. The molecule has 1 amide bonds. The highest BCUT2D eigenvalue weighted by Crippen LogP contribution is 2.34. The van der Waals surface area contributed by atoms with Crippen molar-refractivity contribution in [1.82, 2.24) is 4.90 Å². The number of rotatable bonds is 1. The van der Waals surface area contributed by atoms with Gasteiger partial charge in [0.2, 0.25) is 5.91 Å². The summed E-state index contributed by atoms with van der Waals surface area (Å²) in [4.78, 5) is 16.7. The largest absolute Gasteiger partial charge is 0.369 e. The Morgan fingerprint density at radius 2 is 2.10 bits per heavy atom. The smallest absolute Gasteiger partial charge is 0.245 e. The molecule has 5 nitrogen and oxygen atoms in total. The third-order valence-corrected chi connectivity index (χ3v) is 5.11. The summed E-state index contributed by atoms with van der Waals surface area (Å²) in [6.07, 6.45) is 4.01. The summed E-state index contributed by atoms with van der Waals surface area (Å²) in [5.74, 6) is -0.0979. The Morgan fingerprint density at radius 1 is 1.19 bits per heavy atom. The summed E-state index contributed by atoms with van der Waals surface area (Å²) in [5, 5.41) is 2.88. The third-order valence-electron chi connectivity index (χ3n) is 5.11. The lowest BCUT2D eigenvalue weighted by Gasteiger charge is -2.45. The van der Waals surface area contributed by atoms with E-state index in [4.69, 9.17) is 5.73 Å². The molecule has 3 aliphatic rings. The lowest BCUT2D eigenvalue weighted by Crippen LogP contribution is -2.54. The molecular weight excluding hydrogens is 264 g/mol. The predicted molar refractivity (Wildman–Crippen MR) is 83.4 cm³/mol. The van der Waals surface area contributed by atoms with E-state index in [2.05, 4.69) is 27.2 Å². The second-order valence-electron chi connectivity index (χ2n) is 6.37. The lowest BCUT2D eigenvalue weighted by atomic mass is 9.99. The molecular formula is C16H22N4O. The molecule has 112 valence electrons. The number of nitrogens with one attached hydrogen (secondary N) is 1. The SMILES string of the molecule is NC1C(=O)Nc2cc(N3CCN4CCCCC4C3)ccc21. The van der Waals surface area contributed by atoms with Gasteiger partial charge in [-0.2, -0.15) is 0 Å². The van der Waals surface area contributed by atoms with Crippen molar-refractivity contribution in [3.05, 3.63) is 23.8 Å². The van der Waals surface area contributed by atoms with Gasteiger partial charge >= 0.3 is 0 Å². The van der Waals surface area contributed by atoms with Gasteiger partial charge in [0.15, 0.2) is 0 Å². The highest BCUT2D eigenvalue weighted by atomic mass is 16.2. The van der Waals surface area contributed by atoms with Gasteiger partial charge in [0.25, 0.3) is 0 Å². The van der Waals surface area contributed by atoms with Crippen LogP contribution in [0.25, 0.3) is 0 Å². The molecule has 5 heteroatoms. The topological polar surface area (TPSA) is 61.6 Å². The minimum Gasteiger partial charge on any atom is -0.369 e. The van der Waals surface area contributed by atoms with Crippen molar-refractivity contribution in [3.8, 4) is 0 Å². The number of nitrogens with zero attached hydrogens (tertiary/aromatic N) is 2. The summed E-state index contributed by atoms with van der Waals surface area (Å²) in [5.41, 5.74) is 8.88. The predicted octanol–water partition coefficient (Wildman–Crippen LogP) is 1.31. The second-order valence-corrected chi connectivity index (χ2v) is 6.37. The zero-order valence-electron chi connectivity index (χ0n) is 12.2. The van der Waals surface area contributed by atoms with Gasteiger partial charge in [-0.3, -0.25) is 9.69 Å². The average molecular weight is 286 g/mol. The van der Waals surface area contributed by atoms with Crippen molar-refractivity contribution < 1.29 is 4.79 Å². The maximum absolute atomic E-state index is 11.7. The molecule has 4 rings (SSSR count). The molecule has 0 spiro atoms. The molecule has 1 aromatic rings. The Balaban J connectivity index is 1.55. The maximum Gasteiger partial charge on any atom is 0.245 e. The van der Waals surface area contributed by atoms with Gasteiger partial charge in [0, 0.05) is 42.6 Å². The number of hydrogen-bond donors (Lipinski definition) is 2. The number of piperidine rings is 1. The first kappa shape index (κ1) is 13.1. The molecule has 0 aliphatic carbocycles. The van der Waals surface area contributed by atoms with Crippen LogP contribution in [0.2, 0.25) is 0 Å². The van der Waals surface area contributed by atoms with E-state index in [1.54, 1.807) is 0 Å². The van der Waals surface area contributed by atoms with Crippen LogP contribution in [-0.4, -0.2) is 43.0 Å². The van der Waals surface area contributed by atoms with Gasteiger partial charge in [-0.25, -0.2) is 0 Å². The van der Waals surface area contributed by atoms with Crippen LogP contribution in [0.4, 0.5) is 11.4 Å². The van der Waals surface area contributed by atoms with Gasteiger partial charge in [0.05, 0.1) is 0 Å². The van der Waals surface area contributed by atoms with Crippen LogP contribution in [0.15, 0.2) is 18.2 Å². The molecule has 0 bridgehead atoms. The number of fused-ring (bicyclic) bond motifs is 2. The number of carbonyl (C=O) groups excluding carboxylic acids is 1. The van der Waals surface area contributed by atoms with E-state index in [1.807, 2.05) is 6.07 Å². The lowest BCUT2D eigenvalue weighted by molar-refractivity contribution is -0.116. The van der Waals surface area contributed by atoms with Gasteiger partial charge in [-0.1, -0.05) is 12.5 Å². The molecule has 3 N–H and O–H groups in total. The van der Waals surface area contributed by atoms with Crippen LogP contribution in [0.1, 0.15) is 30.9 Å². The van der Waals surface area contributed by atoms with E-state index in [9.17, 15) is 4.79 Å². The van der Waals surface area contributed by atoms with Gasteiger partial charge in [0.1, 0.15) is 6.04 Å². The number of hydrogen-bond acceptors (Lipinski definition) is 4. The Bertz CT molecular complexity index is 573. The number of benzene rings is 1. The fraction of sp³-hybridized carbons (Fsp3) is 0.562. The van der Waals surface area contributed by atoms with Crippen LogP contribution in [0, 0.1) is 0 Å². The van der Waals surface area contributed by atoms with Crippen LogP contribution in [-0.2, 0) is 4.79 Å². The normalized spacial score (nSPS) is 29.0. The van der Waals surface area contributed by atoms with Crippen LogP contribution in [0.3, 0.4) is 0 Å². The molecule has 1 aromatic carbocycles. The molecule has 2 atom stereocenters. The van der Waals surface area contributed by atoms with Crippen LogP contribution >= 0.6 is 0 Å². The molecule has 2 fully saturated rings. The Kier molecular flexibility index (Phi) is 3.12. The molecule has 3 heterocycles. The highest BCUT2D eigenvalue weighted by Gasteiger charge is 2.31. The zero-order chi connectivity index (χ0) is 14.4. The minimum absolute atomic E-state index is 0.0979. The van der Waals surface area contributed by atoms with Crippen molar-refractivity contribution in [2.24, 2.45) is 5.73 Å². The molecule has 0 radical (unpaired) electrons. The number of nitrogens with two attached hydrogens (primary N) is 1. The molecule has 0 saturated carbocycles. The van der Waals surface area contributed by atoms with Crippen molar-refractivity contribution in [2.75, 3.05) is 36.4 Å². The summed E-state index contributed by atoms with van der Waals surface area (Å²) in [7, 11) is 0. The Labute approximate surface area is 125 Å². The first-order valence-corrected chi connectivity index (χ1v) is 7.92. The van der Waals surface area contributed by atoms with E-state index in [1.165, 1.54) is 31.5 Å². The van der Waals surface area contributed by atoms with Crippen molar-refractivity contribution in [1.29, 1.82) is 0 Å². The van der Waals surface area contributed by atoms with E-state index >= 15 is 0 Å². The fourth-order valence-corrected chi connectivity index (χ4v) is 3.86. The second kappa shape index (κ2) is 5.00. The summed E-state index contributed by atoms with van der Waals surface area (Å²) in [6, 6.07) is 6.37. The zero-order valence-corrected chi connectivity index (χ0v) is 12.2. The standard InChI is InChI=1S/C16H22N4O/c17-15-13-5-4-11(9-14(13)18-16(15)21)20-8-7-19-6-2-1-3-12(19)10-20/h4-5,9,12,15H,1-3,6-8,10,17H2,(H,18,21).